The molecule has 0 heterocycles. The van der Waals surface area contributed by atoms with Crippen molar-refractivity contribution in [3.05, 3.63) is 64.6 Å². The third kappa shape index (κ3) is 4.87. The quantitative estimate of drug-likeness (QED) is 0.513. The summed E-state index contributed by atoms with van der Waals surface area (Å²) >= 11 is 3.25. The van der Waals surface area contributed by atoms with E-state index < -0.39 is 22.0 Å². The van der Waals surface area contributed by atoms with Crippen LogP contribution in [0.25, 0.3) is 0 Å². The highest BCUT2D eigenvalue weighted by atomic mass is 79.9. The number of halogens is 1. The van der Waals surface area contributed by atoms with Gasteiger partial charge in [0.2, 0.25) is 15.9 Å². The zero-order valence-electron chi connectivity index (χ0n) is 11.9. The first-order valence-corrected chi connectivity index (χ1v) is 8.96. The van der Waals surface area contributed by atoms with Crippen LogP contribution < -0.4 is 10.2 Å². The Kier molecular flexibility index (Phi) is 5.89. The van der Waals surface area contributed by atoms with E-state index in [0.717, 1.165) is 4.47 Å². The lowest BCUT2D eigenvalue weighted by atomic mass is 10.0. The molecule has 2 rings (SSSR count). The fourth-order valence-corrected chi connectivity index (χ4v) is 3.50. The van der Waals surface area contributed by atoms with Gasteiger partial charge in [0, 0.05) is 10.9 Å². The third-order valence-electron chi connectivity index (χ3n) is 3.14. The number of hydrogen-bond acceptors (Lipinski definition) is 4. The molecular weight excluding hydrogens is 384 g/mol. The number of carbonyl (C=O) groups excluding carboxylic acids is 1. The van der Waals surface area contributed by atoms with Crippen molar-refractivity contribution in [1.29, 1.82) is 0 Å². The highest BCUT2D eigenvalue weighted by Gasteiger charge is 2.23. The van der Waals surface area contributed by atoms with Crippen LogP contribution in [-0.4, -0.2) is 19.5 Å². The summed E-state index contributed by atoms with van der Waals surface area (Å²) in [5.74, 6) is -0.683. The molecule has 1 atom stereocenters. The molecule has 0 aliphatic rings. The summed E-state index contributed by atoms with van der Waals surface area (Å²) in [7, 11) is -3.81. The first-order chi connectivity index (χ1) is 10.9. The third-order valence-corrected chi connectivity index (χ3v) is 5.15. The molecular formula is C15H15BrN2O4S. The molecule has 1 amide bonds. The molecule has 23 heavy (non-hydrogen) atoms. The van der Waals surface area contributed by atoms with Gasteiger partial charge in [-0.25, -0.2) is 18.6 Å². The van der Waals surface area contributed by atoms with Crippen molar-refractivity contribution in [1.82, 2.24) is 10.2 Å². The molecule has 2 aromatic carbocycles. The van der Waals surface area contributed by atoms with Gasteiger partial charge in [0.15, 0.2) is 0 Å². The van der Waals surface area contributed by atoms with E-state index in [1.54, 1.807) is 42.5 Å². The molecule has 0 bridgehead atoms. The largest absolute Gasteiger partial charge is 0.289 e. The molecule has 122 valence electrons. The van der Waals surface area contributed by atoms with E-state index in [9.17, 15) is 13.2 Å². The highest BCUT2D eigenvalue weighted by Crippen LogP contribution is 2.21. The van der Waals surface area contributed by atoms with Gasteiger partial charge in [-0.05, 0) is 29.8 Å². The van der Waals surface area contributed by atoms with Gasteiger partial charge in [-0.15, -0.1) is 0 Å². The van der Waals surface area contributed by atoms with E-state index >= 15 is 0 Å². The average Bonchev–Trinajstić information content (AvgIpc) is 2.55. The second kappa shape index (κ2) is 7.69. The van der Waals surface area contributed by atoms with E-state index in [1.165, 1.54) is 17.6 Å². The topological polar surface area (TPSA) is 95.5 Å². The van der Waals surface area contributed by atoms with Gasteiger partial charge in [0.25, 0.3) is 0 Å². The van der Waals surface area contributed by atoms with E-state index in [0.29, 0.717) is 5.56 Å². The summed E-state index contributed by atoms with van der Waals surface area (Å²) in [4.78, 5) is 11.5. The number of rotatable bonds is 6. The Balaban J connectivity index is 2.29. The number of hydroxylamine groups is 1. The number of hydrogen-bond donors (Lipinski definition) is 3. The van der Waals surface area contributed by atoms with Crippen LogP contribution in [0.2, 0.25) is 0 Å². The number of carbonyl (C=O) groups is 1. The molecule has 1 unspecified atom stereocenters. The van der Waals surface area contributed by atoms with E-state index in [-0.39, 0.29) is 11.3 Å². The summed E-state index contributed by atoms with van der Waals surface area (Å²) in [6.45, 7) is 0. The van der Waals surface area contributed by atoms with Crippen LogP contribution in [0.5, 0.6) is 0 Å². The summed E-state index contributed by atoms with van der Waals surface area (Å²) in [5, 5.41) is 8.69. The Morgan fingerprint density at radius 2 is 1.70 bits per heavy atom. The fraction of sp³-hybridized carbons (Fsp3) is 0.133. The van der Waals surface area contributed by atoms with Gasteiger partial charge in [-0.2, -0.15) is 0 Å². The predicted octanol–water partition coefficient (Wildman–Crippen LogP) is 2.36. The maximum Gasteiger partial charge on any atom is 0.245 e. The predicted molar refractivity (Wildman–Crippen MR) is 88.2 cm³/mol. The number of benzene rings is 2. The molecule has 2 aromatic rings. The van der Waals surface area contributed by atoms with E-state index in [2.05, 4.69) is 20.7 Å². The van der Waals surface area contributed by atoms with Crippen LogP contribution >= 0.6 is 15.9 Å². The van der Waals surface area contributed by atoms with Crippen LogP contribution in [0.1, 0.15) is 18.0 Å². The smallest absolute Gasteiger partial charge is 0.245 e. The van der Waals surface area contributed by atoms with Crippen molar-refractivity contribution < 1.29 is 18.4 Å². The van der Waals surface area contributed by atoms with Gasteiger partial charge < -0.3 is 0 Å². The molecule has 0 spiro atoms. The molecule has 0 aliphatic heterocycles. The zero-order chi connectivity index (χ0) is 16.9. The number of amides is 1. The second-order valence-electron chi connectivity index (χ2n) is 4.78. The molecule has 0 aromatic heterocycles. The Morgan fingerprint density at radius 1 is 1.09 bits per heavy atom. The van der Waals surface area contributed by atoms with Crippen LogP contribution in [0, 0.1) is 0 Å². The van der Waals surface area contributed by atoms with Gasteiger partial charge in [-0.1, -0.05) is 46.3 Å². The Bertz CT molecular complexity index is 764. The van der Waals surface area contributed by atoms with Crippen molar-refractivity contribution in [3.8, 4) is 0 Å². The summed E-state index contributed by atoms with van der Waals surface area (Å²) in [5.41, 5.74) is 2.14. The Hall–Kier alpha value is -1.74. The van der Waals surface area contributed by atoms with E-state index in [4.69, 9.17) is 5.21 Å². The van der Waals surface area contributed by atoms with Crippen molar-refractivity contribution >= 4 is 31.9 Å². The van der Waals surface area contributed by atoms with Crippen molar-refractivity contribution in [2.24, 2.45) is 0 Å². The minimum Gasteiger partial charge on any atom is -0.289 e. The molecule has 8 heteroatoms. The van der Waals surface area contributed by atoms with Crippen molar-refractivity contribution in [2.75, 3.05) is 0 Å². The van der Waals surface area contributed by atoms with Crippen LogP contribution in [0.15, 0.2) is 64.0 Å². The maximum atomic E-state index is 12.5. The van der Waals surface area contributed by atoms with Crippen molar-refractivity contribution in [2.45, 2.75) is 17.4 Å². The molecule has 0 saturated heterocycles. The fourth-order valence-electron chi connectivity index (χ4n) is 2.01. The lowest BCUT2D eigenvalue weighted by Gasteiger charge is -2.18. The minimum absolute atomic E-state index is 0.0889. The normalized spacial score (nSPS) is 12.6. The number of nitrogens with one attached hydrogen (secondary N) is 2. The Labute approximate surface area is 142 Å². The van der Waals surface area contributed by atoms with Gasteiger partial charge >= 0.3 is 0 Å². The monoisotopic (exact) mass is 398 g/mol. The maximum absolute atomic E-state index is 12.5. The summed E-state index contributed by atoms with van der Waals surface area (Å²) in [6.07, 6.45) is -0.226. The minimum atomic E-state index is -3.81. The van der Waals surface area contributed by atoms with Gasteiger partial charge in [-0.3, -0.25) is 10.0 Å². The SMILES string of the molecule is O=C(CC(NS(=O)(=O)c1ccc(Br)cc1)c1ccccc1)NO. The first kappa shape index (κ1) is 17.6. The zero-order valence-corrected chi connectivity index (χ0v) is 14.3. The van der Waals surface area contributed by atoms with Crippen LogP contribution in [0.4, 0.5) is 0 Å². The summed E-state index contributed by atoms with van der Waals surface area (Å²) < 4.78 is 28.2. The molecule has 6 nitrogen and oxygen atoms in total. The molecule has 0 saturated carbocycles. The van der Waals surface area contributed by atoms with Gasteiger partial charge in [0.1, 0.15) is 0 Å². The lowest BCUT2D eigenvalue weighted by Crippen LogP contribution is -2.33. The standard InChI is InChI=1S/C15H15BrN2O4S/c16-12-6-8-13(9-7-12)23(21,22)18-14(10-15(19)17-20)11-4-2-1-3-5-11/h1-9,14,18,20H,10H2,(H,17,19). The highest BCUT2D eigenvalue weighted by molar-refractivity contribution is 9.10. The molecule has 0 radical (unpaired) electrons. The first-order valence-electron chi connectivity index (χ1n) is 6.68. The molecule has 0 aliphatic carbocycles. The second-order valence-corrected chi connectivity index (χ2v) is 7.41. The summed E-state index contributed by atoms with van der Waals surface area (Å²) in [6, 6.07) is 14.0. The molecule has 3 N–H and O–H groups in total. The van der Waals surface area contributed by atoms with Crippen LogP contribution in [0.3, 0.4) is 0 Å². The Morgan fingerprint density at radius 3 is 2.26 bits per heavy atom. The van der Waals surface area contributed by atoms with Crippen LogP contribution in [-0.2, 0) is 14.8 Å². The van der Waals surface area contributed by atoms with Crippen molar-refractivity contribution in [3.63, 3.8) is 0 Å². The number of sulfonamides is 1. The average molecular weight is 399 g/mol. The van der Waals surface area contributed by atoms with E-state index in [1.807, 2.05) is 0 Å². The lowest BCUT2D eigenvalue weighted by molar-refractivity contribution is -0.129. The molecule has 0 fully saturated rings. The van der Waals surface area contributed by atoms with Gasteiger partial charge in [0.05, 0.1) is 10.9 Å².